The monoisotopic (exact) mass is 327 g/mol. The van der Waals surface area contributed by atoms with Crippen molar-refractivity contribution in [3.8, 4) is 5.75 Å². The topological polar surface area (TPSA) is 21.3 Å². The normalized spacial score (nSPS) is 28.2. The third kappa shape index (κ3) is 3.33. The minimum Gasteiger partial charge on any atom is -0.493 e. The number of nitrogens with one attached hydrogen (secondary N) is 1. The summed E-state index contributed by atoms with van der Waals surface area (Å²) in [6.45, 7) is 3.88. The lowest BCUT2D eigenvalue weighted by molar-refractivity contribution is 0.215. The molecule has 2 aliphatic rings. The number of fused-ring (bicyclic) bond motifs is 1. The fourth-order valence-electron chi connectivity index (χ4n) is 3.43. The van der Waals surface area contributed by atoms with Crippen LogP contribution >= 0.6 is 23.2 Å². The number of hydrogen-bond acceptors (Lipinski definition) is 2. The van der Waals surface area contributed by atoms with Crippen molar-refractivity contribution in [2.24, 2.45) is 5.92 Å². The first kappa shape index (κ1) is 15.5. The lowest BCUT2D eigenvalue weighted by Gasteiger charge is -2.39. The second kappa shape index (κ2) is 6.36. The molecule has 4 heteroatoms. The molecule has 1 saturated carbocycles. The van der Waals surface area contributed by atoms with Gasteiger partial charge in [-0.15, -0.1) is 11.6 Å². The van der Waals surface area contributed by atoms with Crippen LogP contribution in [0.3, 0.4) is 0 Å². The van der Waals surface area contributed by atoms with Crippen molar-refractivity contribution in [3.05, 3.63) is 28.3 Å². The SMILES string of the molecule is CC1CCC(CCl)(NCc2cc(Cl)cc3c2OCC3)CC1. The molecule has 1 N–H and O–H groups in total. The zero-order valence-electron chi connectivity index (χ0n) is 12.6. The standard InChI is InChI=1S/C17H23Cl2NO/c1-12-2-5-17(11-18,6-3-12)20-10-14-9-15(19)8-13-4-7-21-16(13)14/h8-9,12,20H,2-7,10-11H2,1H3. The van der Waals surface area contributed by atoms with E-state index in [0.717, 1.165) is 54.7 Å². The van der Waals surface area contributed by atoms with Gasteiger partial charge in [0.1, 0.15) is 5.75 Å². The Morgan fingerprint density at radius 2 is 2.10 bits per heavy atom. The number of benzene rings is 1. The van der Waals surface area contributed by atoms with E-state index in [1.54, 1.807) is 0 Å². The maximum absolute atomic E-state index is 6.28. The van der Waals surface area contributed by atoms with Gasteiger partial charge in [-0.1, -0.05) is 18.5 Å². The summed E-state index contributed by atoms with van der Waals surface area (Å²) in [6, 6.07) is 4.04. The van der Waals surface area contributed by atoms with E-state index in [9.17, 15) is 0 Å². The fourth-order valence-corrected chi connectivity index (χ4v) is 4.06. The molecular formula is C17H23Cl2NO. The number of rotatable bonds is 4. The quantitative estimate of drug-likeness (QED) is 0.819. The minimum atomic E-state index is 0.0713. The first-order valence-corrected chi connectivity index (χ1v) is 8.78. The maximum atomic E-state index is 6.28. The van der Waals surface area contributed by atoms with Crippen molar-refractivity contribution in [2.75, 3.05) is 12.5 Å². The number of hydrogen-bond donors (Lipinski definition) is 1. The third-order valence-corrected chi connectivity index (χ3v) is 5.70. The Morgan fingerprint density at radius 1 is 1.33 bits per heavy atom. The van der Waals surface area contributed by atoms with Gasteiger partial charge >= 0.3 is 0 Å². The van der Waals surface area contributed by atoms with Gasteiger partial charge in [0, 0.05) is 35.0 Å². The Labute approximate surface area is 137 Å². The highest BCUT2D eigenvalue weighted by atomic mass is 35.5. The molecule has 116 valence electrons. The molecule has 0 bridgehead atoms. The van der Waals surface area contributed by atoms with E-state index in [0.29, 0.717) is 5.88 Å². The lowest BCUT2D eigenvalue weighted by atomic mass is 9.78. The summed E-state index contributed by atoms with van der Waals surface area (Å²) in [5.41, 5.74) is 2.47. The van der Waals surface area contributed by atoms with Crippen molar-refractivity contribution in [3.63, 3.8) is 0 Å². The highest BCUT2D eigenvalue weighted by Crippen LogP contribution is 2.36. The highest BCUT2D eigenvalue weighted by molar-refractivity contribution is 6.30. The van der Waals surface area contributed by atoms with Gasteiger partial charge in [0.05, 0.1) is 6.61 Å². The molecule has 0 aromatic heterocycles. The van der Waals surface area contributed by atoms with Crippen molar-refractivity contribution in [2.45, 2.75) is 51.1 Å². The summed E-state index contributed by atoms with van der Waals surface area (Å²) in [4.78, 5) is 0. The van der Waals surface area contributed by atoms with E-state index in [1.165, 1.54) is 18.4 Å². The largest absolute Gasteiger partial charge is 0.493 e. The molecular weight excluding hydrogens is 305 g/mol. The molecule has 0 spiro atoms. The minimum absolute atomic E-state index is 0.0713. The summed E-state index contributed by atoms with van der Waals surface area (Å²) in [6.07, 6.45) is 5.78. The molecule has 2 nitrogen and oxygen atoms in total. The highest BCUT2D eigenvalue weighted by Gasteiger charge is 2.33. The van der Waals surface area contributed by atoms with Gasteiger partial charge in [-0.25, -0.2) is 0 Å². The molecule has 0 saturated heterocycles. The molecule has 21 heavy (non-hydrogen) atoms. The van der Waals surface area contributed by atoms with Crippen LogP contribution in [0.2, 0.25) is 5.02 Å². The summed E-state index contributed by atoms with van der Waals surface area (Å²) in [7, 11) is 0. The third-order valence-electron chi connectivity index (χ3n) is 4.97. The van der Waals surface area contributed by atoms with Gasteiger partial charge in [0.2, 0.25) is 0 Å². The predicted octanol–water partition coefficient (Wildman–Crippen LogP) is 4.55. The Morgan fingerprint density at radius 3 is 2.81 bits per heavy atom. The van der Waals surface area contributed by atoms with Crippen LogP contribution < -0.4 is 10.1 Å². The average molecular weight is 328 g/mol. The average Bonchev–Trinajstić information content (AvgIpc) is 2.95. The summed E-state index contributed by atoms with van der Waals surface area (Å²) in [5, 5.41) is 4.51. The van der Waals surface area contributed by atoms with E-state index in [2.05, 4.69) is 12.2 Å². The second-order valence-corrected chi connectivity index (χ2v) is 7.31. The number of alkyl halides is 1. The van der Waals surface area contributed by atoms with Crippen molar-refractivity contribution in [1.29, 1.82) is 0 Å². The van der Waals surface area contributed by atoms with E-state index in [1.807, 2.05) is 12.1 Å². The van der Waals surface area contributed by atoms with Crippen LogP contribution in [0.15, 0.2) is 12.1 Å². The molecule has 3 rings (SSSR count). The zero-order valence-corrected chi connectivity index (χ0v) is 14.1. The van der Waals surface area contributed by atoms with Gasteiger partial charge in [-0.2, -0.15) is 0 Å². The maximum Gasteiger partial charge on any atom is 0.127 e. The van der Waals surface area contributed by atoms with Crippen molar-refractivity contribution >= 4 is 23.2 Å². The van der Waals surface area contributed by atoms with Gasteiger partial charge < -0.3 is 10.1 Å². The Hall–Kier alpha value is -0.440. The van der Waals surface area contributed by atoms with Gasteiger partial charge in [0.15, 0.2) is 0 Å². The Bertz CT molecular complexity index is 510. The molecule has 1 heterocycles. The van der Waals surface area contributed by atoms with Crippen LogP contribution in [0.25, 0.3) is 0 Å². The Kier molecular flexibility index (Phi) is 4.68. The first-order chi connectivity index (χ1) is 10.1. The smallest absolute Gasteiger partial charge is 0.127 e. The molecule has 1 aliphatic heterocycles. The lowest BCUT2D eigenvalue weighted by Crippen LogP contribution is -2.49. The van der Waals surface area contributed by atoms with E-state index in [-0.39, 0.29) is 5.54 Å². The molecule has 0 radical (unpaired) electrons. The second-order valence-electron chi connectivity index (χ2n) is 6.60. The number of ether oxygens (including phenoxy) is 1. The van der Waals surface area contributed by atoms with Crippen molar-refractivity contribution in [1.82, 2.24) is 5.32 Å². The van der Waals surface area contributed by atoms with E-state index in [4.69, 9.17) is 27.9 Å². The van der Waals surface area contributed by atoms with Crippen LogP contribution in [0.1, 0.15) is 43.7 Å². The van der Waals surface area contributed by atoms with Gasteiger partial charge in [0.25, 0.3) is 0 Å². The fraction of sp³-hybridized carbons (Fsp3) is 0.647. The molecule has 1 fully saturated rings. The van der Waals surface area contributed by atoms with Crippen LogP contribution in [0.5, 0.6) is 5.75 Å². The molecule has 1 aliphatic carbocycles. The van der Waals surface area contributed by atoms with E-state index >= 15 is 0 Å². The van der Waals surface area contributed by atoms with Gasteiger partial charge in [-0.05, 0) is 49.3 Å². The summed E-state index contributed by atoms with van der Waals surface area (Å²) >= 11 is 12.5. The molecule has 0 unspecified atom stereocenters. The van der Waals surface area contributed by atoms with Crippen LogP contribution in [0, 0.1) is 5.92 Å². The number of halogens is 2. The van der Waals surface area contributed by atoms with Crippen LogP contribution in [0.4, 0.5) is 0 Å². The van der Waals surface area contributed by atoms with Crippen LogP contribution in [-0.2, 0) is 13.0 Å². The van der Waals surface area contributed by atoms with Crippen LogP contribution in [-0.4, -0.2) is 18.0 Å². The van der Waals surface area contributed by atoms with E-state index < -0.39 is 0 Å². The Balaban J connectivity index is 1.72. The van der Waals surface area contributed by atoms with Crippen molar-refractivity contribution < 1.29 is 4.74 Å². The molecule has 1 aromatic carbocycles. The zero-order chi connectivity index (χ0) is 14.9. The first-order valence-electron chi connectivity index (χ1n) is 7.87. The molecule has 0 amide bonds. The molecule has 1 aromatic rings. The molecule has 0 atom stereocenters. The van der Waals surface area contributed by atoms with Gasteiger partial charge in [-0.3, -0.25) is 0 Å². The predicted molar refractivity (Wildman–Crippen MR) is 88.6 cm³/mol. The summed E-state index contributed by atoms with van der Waals surface area (Å²) in [5.74, 6) is 2.52. The summed E-state index contributed by atoms with van der Waals surface area (Å²) < 4.78 is 5.78.